The summed E-state index contributed by atoms with van der Waals surface area (Å²) >= 11 is 0. The first-order valence-electron chi connectivity index (χ1n) is 6.20. The van der Waals surface area contributed by atoms with Crippen molar-refractivity contribution >= 4 is 10.0 Å². The topological polar surface area (TPSA) is 46.2 Å². The van der Waals surface area contributed by atoms with Crippen molar-refractivity contribution in [3.05, 3.63) is 65.0 Å². The Bertz CT molecular complexity index is 709. The first-order chi connectivity index (χ1) is 9.38. The van der Waals surface area contributed by atoms with Gasteiger partial charge in [0.15, 0.2) is 0 Å². The molecule has 0 spiro atoms. The van der Waals surface area contributed by atoms with E-state index in [0.717, 1.165) is 11.1 Å². The second-order valence-corrected chi connectivity index (χ2v) is 6.49. The van der Waals surface area contributed by atoms with Crippen LogP contribution in [0.2, 0.25) is 0 Å². The Morgan fingerprint density at radius 2 is 1.70 bits per heavy atom. The number of hydrogen-bond acceptors (Lipinski definition) is 2. The van der Waals surface area contributed by atoms with E-state index in [1.54, 1.807) is 43.3 Å². The summed E-state index contributed by atoms with van der Waals surface area (Å²) in [5.41, 5.74) is 2.22. The fraction of sp³-hybridized carbons (Fsp3) is 0.200. The summed E-state index contributed by atoms with van der Waals surface area (Å²) in [6.07, 6.45) is 0. The number of rotatable bonds is 4. The number of sulfonamides is 1. The molecular formula is C15H16FNO2S. The highest BCUT2D eigenvalue weighted by Crippen LogP contribution is 2.12. The van der Waals surface area contributed by atoms with Crippen LogP contribution in [0, 0.1) is 19.7 Å². The maximum absolute atomic E-state index is 13.1. The fourth-order valence-electron chi connectivity index (χ4n) is 1.80. The van der Waals surface area contributed by atoms with Crippen LogP contribution in [-0.2, 0) is 16.6 Å². The van der Waals surface area contributed by atoms with Gasteiger partial charge in [0.25, 0.3) is 0 Å². The minimum absolute atomic E-state index is 0.136. The van der Waals surface area contributed by atoms with E-state index in [1.165, 1.54) is 6.07 Å². The largest absolute Gasteiger partial charge is 0.240 e. The fourth-order valence-corrected chi connectivity index (χ4v) is 2.81. The normalized spacial score (nSPS) is 11.6. The Labute approximate surface area is 118 Å². The number of nitrogens with one attached hydrogen (secondary N) is 1. The molecule has 0 unspecified atom stereocenters. The van der Waals surface area contributed by atoms with Crippen molar-refractivity contribution in [3.8, 4) is 0 Å². The van der Waals surface area contributed by atoms with Gasteiger partial charge in [-0.15, -0.1) is 0 Å². The minimum Gasteiger partial charge on any atom is -0.207 e. The summed E-state index contributed by atoms with van der Waals surface area (Å²) < 4.78 is 39.8. The van der Waals surface area contributed by atoms with Gasteiger partial charge in [-0.1, -0.05) is 29.8 Å². The molecule has 0 aromatic heterocycles. The Balaban J connectivity index is 2.13. The molecule has 0 fully saturated rings. The standard InChI is InChI=1S/C15H16FNO2S/c1-11-3-6-14(7-4-11)20(18,19)17-10-13-5-8-15(16)12(2)9-13/h3-9,17H,10H2,1-2H3. The zero-order valence-corrected chi connectivity index (χ0v) is 12.2. The van der Waals surface area contributed by atoms with Crippen LogP contribution in [0.5, 0.6) is 0 Å². The molecule has 0 aliphatic carbocycles. The highest BCUT2D eigenvalue weighted by atomic mass is 32.2. The molecule has 0 radical (unpaired) electrons. The molecule has 0 saturated carbocycles. The van der Waals surface area contributed by atoms with E-state index in [-0.39, 0.29) is 17.3 Å². The van der Waals surface area contributed by atoms with Gasteiger partial charge >= 0.3 is 0 Å². The van der Waals surface area contributed by atoms with E-state index in [2.05, 4.69) is 4.72 Å². The molecule has 1 N–H and O–H groups in total. The van der Waals surface area contributed by atoms with Gasteiger partial charge in [-0.25, -0.2) is 17.5 Å². The maximum Gasteiger partial charge on any atom is 0.240 e. The summed E-state index contributed by atoms with van der Waals surface area (Å²) in [7, 11) is -3.54. The van der Waals surface area contributed by atoms with Crippen molar-refractivity contribution in [2.75, 3.05) is 0 Å². The molecule has 0 saturated heterocycles. The van der Waals surface area contributed by atoms with Crippen molar-refractivity contribution in [1.82, 2.24) is 4.72 Å². The molecule has 0 aliphatic heterocycles. The summed E-state index contributed by atoms with van der Waals surface area (Å²) in [5, 5.41) is 0. The van der Waals surface area contributed by atoms with E-state index in [0.29, 0.717) is 5.56 Å². The van der Waals surface area contributed by atoms with Gasteiger partial charge in [0.2, 0.25) is 10.0 Å². The number of benzene rings is 2. The molecule has 2 aromatic rings. The van der Waals surface area contributed by atoms with E-state index in [1.807, 2.05) is 6.92 Å². The second kappa shape index (κ2) is 5.73. The third-order valence-corrected chi connectivity index (χ3v) is 4.44. The number of aryl methyl sites for hydroxylation is 2. The molecule has 0 bridgehead atoms. The van der Waals surface area contributed by atoms with Gasteiger partial charge in [0.1, 0.15) is 5.82 Å². The van der Waals surface area contributed by atoms with Crippen LogP contribution in [0.15, 0.2) is 47.4 Å². The molecule has 2 aromatic carbocycles. The molecule has 0 atom stereocenters. The second-order valence-electron chi connectivity index (χ2n) is 4.72. The number of hydrogen-bond donors (Lipinski definition) is 1. The predicted octanol–water partition coefficient (Wildman–Crippen LogP) is 2.92. The van der Waals surface area contributed by atoms with Crippen LogP contribution in [0.4, 0.5) is 4.39 Å². The Morgan fingerprint density at radius 1 is 1.05 bits per heavy atom. The van der Waals surface area contributed by atoms with Gasteiger partial charge in [-0.05, 0) is 43.2 Å². The number of halogens is 1. The molecule has 0 amide bonds. The lowest BCUT2D eigenvalue weighted by molar-refractivity contribution is 0.581. The highest BCUT2D eigenvalue weighted by Gasteiger charge is 2.13. The van der Waals surface area contributed by atoms with Crippen molar-refractivity contribution < 1.29 is 12.8 Å². The summed E-state index contributed by atoms with van der Waals surface area (Å²) in [4.78, 5) is 0.224. The van der Waals surface area contributed by atoms with Crippen LogP contribution in [0.25, 0.3) is 0 Å². The van der Waals surface area contributed by atoms with Gasteiger partial charge in [0.05, 0.1) is 4.90 Å². The smallest absolute Gasteiger partial charge is 0.207 e. The summed E-state index contributed by atoms with van der Waals surface area (Å²) in [5.74, 6) is -0.296. The molecule has 0 aliphatic rings. The van der Waals surface area contributed by atoms with Crippen LogP contribution < -0.4 is 4.72 Å². The molecule has 20 heavy (non-hydrogen) atoms. The van der Waals surface area contributed by atoms with E-state index >= 15 is 0 Å². The average Bonchev–Trinajstić information content (AvgIpc) is 2.41. The first kappa shape index (κ1) is 14.7. The molecular weight excluding hydrogens is 277 g/mol. The monoisotopic (exact) mass is 293 g/mol. The van der Waals surface area contributed by atoms with Crippen LogP contribution in [0.3, 0.4) is 0 Å². The Morgan fingerprint density at radius 3 is 2.30 bits per heavy atom. The van der Waals surface area contributed by atoms with Gasteiger partial charge in [-0.2, -0.15) is 0 Å². The lowest BCUT2D eigenvalue weighted by Gasteiger charge is -2.08. The SMILES string of the molecule is Cc1ccc(S(=O)(=O)NCc2ccc(F)c(C)c2)cc1. The molecule has 106 valence electrons. The quantitative estimate of drug-likeness (QED) is 0.942. The van der Waals surface area contributed by atoms with Crippen molar-refractivity contribution in [3.63, 3.8) is 0 Å². The lowest BCUT2D eigenvalue weighted by Crippen LogP contribution is -2.23. The van der Waals surface area contributed by atoms with Crippen LogP contribution >= 0.6 is 0 Å². The van der Waals surface area contributed by atoms with Crippen molar-refractivity contribution in [2.45, 2.75) is 25.3 Å². The van der Waals surface area contributed by atoms with Crippen LogP contribution in [-0.4, -0.2) is 8.42 Å². The zero-order valence-electron chi connectivity index (χ0n) is 11.4. The maximum atomic E-state index is 13.1. The Hall–Kier alpha value is -1.72. The molecule has 0 heterocycles. The first-order valence-corrected chi connectivity index (χ1v) is 7.68. The lowest BCUT2D eigenvalue weighted by atomic mass is 10.1. The van der Waals surface area contributed by atoms with Crippen LogP contribution in [0.1, 0.15) is 16.7 Å². The minimum atomic E-state index is -3.54. The van der Waals surface area contributed by atoms with E-state index < -0.39 is 10.0 Å². The van der Waals surface area contributed by atoms with Gasteiger partial charge in [-0.3, -0.25) is 0 Å². The van der Waals surface area contributed by atoms with E-state index in [4.69, 9.17) is 0 Å². The molecule has 5 heteroatoms. The van der Waals surface area contributed by atoms with Gasteiger partial charge < -0.3 is 0 Å². The summed E-state index contributed by atoms with van der Waals surface area (Å²) in [6.45, 7) is 3.68. The van der Waals surface area contributed by atoms with Gasteiger partial charge in [0, 0.05) is 6.54 Å². The predicted molar refractivity (Wildman–Crippen MR) is 76.3 cm³/mol. The van der Waals surface area contributed by atoms with E-state index in [9.17, 15) is 12.8 Å². The zero-order chi connectivity index (χ0) is 14.8. The molecule has 3 nitrogen and oxygen atoms in total. The highest BCUT2D eigenvalue weighted by molar-refractivity contribution is 7.89. The third kappa shape index (κ3) is 3.43. The van der Waals surface area contributed by atoms with Crippen molar-refractivity contribution in [2.24, 2.45) is 0 Å². The molecule has 2 rings (SSSR count). The van der Waals surface area contributed by atoms with Crippen molar-refractivity contribution in [1.29, 1.82) is 0 Å². The average molecular weight is 293 g/mol. The third-order valence-electron chi connectivity index (χ3n) is 3.02. The Kier molecular flexibility index (Phi) is 4.20. The summed E-state index contributed by atoms with van der Waals surface area (Å²) in [6, 6.07) is 11.2.